The first-order valence-electron chi connectivity index (χ1n) is 3.30. The van der Waals surface area contributed by atoms with Gasteiger partial charge in [0.1, 0.15) is 10.5 Å². The smallest absolute Gasteiger partial charge is 0.106 e. The van der Waals surface area contributed by atoms with Gasteiger partial charge in [-0.05, 0) is 17.6 Å². The molecule has 2 N–H and O–H groups in total. The number of hydrogen-bond donors (Lipinski definition) is 1. The molecule has 0 bridgehead atoms. The Balaban J connectivity index is 2.82. The molecule has 2 aromatic rings. The topological polar surface area (TPSA) is 51.8 Å². The molecule has 1 heterocycles. The summed E-state index contributed by atoms with van der Waals surface area (Å²) in [7, 11) is 0. The molecule has 1 aromatic heterocycles. The van der Waals surface area contributed by atoms with Gasteiger partial charge in [0.15, 0.2) is 0 Å². The van der Waals surface area contributed by atoms with Crippen LogP contribution in [0.4, 0.5) is 0 Å². The van der Waals surface area contributed by atoms with Crippen LogP contribution in [0.3, 0.4) is 0 Å². The average Bonchev–Trinajstić information content (AvgIpc) is 2.49. The summed E-state index contributed by atoms with van der Waals surface area (Å²) < 4.78 is 4.78. The second-order valence-electron chi connectivity index (χ2n) is 2.29. The number of benzene rings is 1. The lowest BCUT2D eigenvalue weighted by Crippen LogP contribution is -2.08. The molecule has 5 heteroatoms. The second-order valence-corrected chi connectivity index (χ2v) is 3.48. The van der Waals surface area contributed by atoms with Gasteiger partial charge in [0.05, 0.1) is 4.70 Å². The summed E-state index contributed by atoms with van der Waals surface area (Å²) in [5.41, 5.74) is 7.23. The fraction of sp³-hybridized carbons (Fsp3) is 0. The predicted molar refractivity (Wildman–Crippen MR) is 53.3 cm³/mol. The minimum Gasteiger partial charge on any atom is -0.389 e. The highest BCUT2D eigenvalue weighted by molar-refractivity contribution is 7.80. The van der Waals surface area contributed by atoms with E-state index in [0.717, 1.165) is 15.8 Å². The van der Waals surface area contributed by atoms with Gasteiger partial charge in [-0.25, -0.2) is 0 Å². The number of aromatic nitrogens is 2. The number of rotatable bonds is 1. The Hall–Kier alpha value is -1.07. The van der Waals surface area contributed by atoms with E-state index in [0.29, 0.717) is 4.99 Å². The van der Waals surface area contributed by atoms with Gasteiger partial charge >= 0.3 is 0 Å². The van der Waals surface area contributed by atoms with Crippen LogP contribution >= 0.6 is 23.8 Å². The fourth-order valence-electron chi connectivity index (χ4n) is 0.999. The van der Waals surface area contributed by atoms with Crippen LogP contribution in [0, 0.1) is 0 Å². The average molecular weight is 195 g/mol. The molecule has 0 spiro atoms. The molecule has 0 aliphatic rings. The molecular formula is C7H5N3S2. The fourth-order valence-corrected chi connectivity index (χ4v) is 1.92. The molecule has 0 saturated heterocycles. The van der Waals surface area contributed by atoms with E-state index >= 15 is 0 Å². The van der Waals surface area contributed by atoms with E-state index < -0.39 is 0 Å². The summed E-state index contributed by atoms with van der Waals surface area (Å²) in [6, 6.07) is 5.64. The summed E-state index contributed by atoms with van der Waals surface area (Å²) in [4.78, 5) is 0.395. The molecule has 12 heavy (non-hydrogen) atoms. The third kappa shape index (κ3) is 1.07. The molecule has 60 valence electrons. The van der Waals surface area contributed by atoms with Crippen molar-refractivity contribution in [2.45, 2.75) is 0 Å². The lowest BCUT2D eigenvalue weighted by Gasteiger charge is -1.96. The number of fused-ring (bicyclic) bond motifs is 1. The number of nitrogens with two attached hydrogens (primary N) is 1. The molecule has 0 atom stereocenters. The summed E-state index contributed by atoms with van der Waals surface area (Å²) in [5.74, 6) is 0. The van der Waals surface area contributed by atoms with Crippen LogP contribution in [0.25, 0.3) is 10.2 Å². The molecular weight excluding hydrogens is 190 g/mol. The Morgan fingerprint density at radius 2 is 2.33 bits per heavy atom. The van der Waals surface area contributed by atoms with Gasteiger partial charge in [-0.15, -0.1) is 5.10 Å². The van der Waals surface area contributed by atoms with Gasteiger partial charge in [-0.2, -0.15) is 0 Å². The minimum atomic E-state index is 0.395. The maximum Gasteiger partial charge on any atom is 0.106 e. The number of thiocarbonyl (C=S) groups is 1. The third-order valence-corrected chi connectivity index (χ3v) is 2.54. The highest BCUT2D eigenvalue weighted by Gasteiger charge is 2.05. The zero-order valence-corrected chi connectivity index (χ0v) is 7.65. The number of nitrogens with zero attached hydrogens (tertiary/aromatic N) is 2. The molecule has 1 aromatic carbocycles. The molecule has 0 fully saturated rings. The normalized spacial score (nSPS) is 10.3. The van der Waals surface area contributed by atoms with Crippen LogP contribution in [-0.4, -0.2) is 14.6 Å². The quantitative estimate of drug-likeness (QED) is 0.697. The zero-order valence-electron chi connectivity index (χ0n) is 6.02. The van der Waals surface area contributed by atoms with Crippen LogP contribution in [0.2, 0.25) is 0 Å². The Morgan fingerprint density at radius 1 is 1.50 bits per heavy atom. The molecule has 0 amide bonds. The van der Waals surface area contributed by atoms with Gasteiger partial charge in [0.25, 0.3) is 0 Å². The van der Waals surface area contributed by atoms with Crippen molar-refractivity contribution in [3.8, 4) is 0 Å². The van der Waals surface area contributed by atoms with E-state index in [2.05, 4.69) is 9.59 Å². The van der Waals surface area contributed by atoms with E-state index in [1.165, 1.54) is 11.5 Å². The summed E-state index contributed by atoms with van der Waals surface area (Å²) in [6.07, 6.45) is 0. The first kappa shape index (κ1) is 7.57. The molecule has 0 aliphatic heterocycles. The standard InChI is InChI=1S/C7H5N3S2/c8-7(11)4-2-1-3-5-6(4)12-10-9-5/h1-3H,(H2,8,11). The molecule has 0 unspecified atom stereocenters. The molecule has 0 aliphatic carbocycles. The van der Waals surface area contributed by atoms with Crippen LogP contribution in [-0.2, 0) is 0 Å². The van der Waals surface area contributed by atoms with Crippen LogP contribution in [0.15, 0.2) is 18.2 Å². The van der Waals surface area contributed by atoms with E-state index in [1.54, 1.807) is 0 Å². The van der Waals surface area contributed by atoms with Crippen molar-refractivity contribution in [3.63, 3.8) is 0 Å². The molecule has 2 rings (SSSR count). The Labute approximate surface area is 78.4 Å². The largest absolute Gasteiger partial charge is 0.389 e. The van der Waals surface area contributed by atoms with Crippen molar-refractivity contribution in [2.75, 3.05) is 0 Å². The van der Waals surface area contributed by atoms with Gasteiger partial charge in [0, 0.05) is 5.56 Å². The summed E-state index contributed by atoms with van der Waals surface area (Å²) in [6.45, 7) is 0. The van der Waals surface area contributed by atoms with E-state index in [1.807, 2.05) is 18.2 Å². The van der Waals surface area contributed by atoms with Crippen molar-refractivity contribution >= 4 is 39.0 Å². The van der Waals surface area contributed by atoms with Crippen molar-refractivity contribution in [1.29, 1.82) is 0 Å². The minimum absolute atomic E-state index is 0.395. The van der Waals surface area contributed by atoms with Crippen molar-refractivity contribution in [3.05, 3.63) is 23.8 Å². The molecule has 0 saturated carbocycles. The number of hydrogen-bond acceptors (Lipinski definition) is 4. The highest BCUT2D eigenvalue weighted by atomic mass is 32.1. The van der Waals surface area contributed by atoms with Crippen LogP contribution in [0.5, 0.6) is 0 Å². The van der Waals surface area contributed by atoms with Gasteiger partial charge < -0.3 is 5.73 Å². The monoisotopic (exact) mass is 195 g/mol. The SMILES string of the molecule is NC(=S)c1cccc2nnsc12. The summed E-state index contributed by atoms with van der Waals surface area (Å²) >= 11 is 6.20. The molecule has 3 nitrogen and oxygen atoms in total. The van der Waals surface area contributed by atoms with Crippen molar-refractivity contribution in [2.24, 2.45) is 5.73 Å². The van der Waals surface area contributed by atoms with E-state index in [4.69, 9.17) is 18.0 Å². The maximum atomic E-state index is 5.52. The van der Waals surface area contributed by atoms with Crippen molar-refractivity contribution in [1.82, 2.24) is 9.59 Å². The van der Waals surface area contributed by atoms with Gasteiger partial charge in [-0.1, -0.05) is 28.8 Å². The van der Waals surface area contributed by atoms with E-state index in [9.17, 15) is 0 Å². The van der Waals surface area contributed by atoms with Crippen molar-refractivity contribution < 1.29 is 0 Å². The maximum absolute atomic E-state index is 5.52. The van der Waals surface area contributed by atoms with Gasteiger partial charge in [-0.3, -0.25) is 0 Å². The Morgan fingerprint density at radius 3 is 3.08 bits per heavy atom. The Bertz CT molecular complexity index is 435. The second kappa shape index (κ2) is 2.76. The Kier molecular flexibility index (Phi) is 1.74. The highest BCUT2D eigenvalue weighted by Crippen LogP contribution is 2.19. The van der Waals surface area contributed by atoms with E-state index in [-0.39, 0.29) is 0 Å². The van der Waals surface area contributed by atoms with Crippen LogP contribution < -0.4 is 5.73 Å². The lowest BCUT2D eigenvalue weighted by atomic mass is 10.2. The third-order valence-electron chi connectivity index (χ3n) is 1.54. The lowest BCUT2D eigenvalue weighted by molar-refractivity contribution is 1.20. The molecule has 0 radical (unpaired) electrons. The van der Waals surface area contributed by atoms with Gasteiger partial charge in [0.2, 0.25) is 0 Å². The predicted octanol–water partition coefficient (Wildman–Crippen LogP) is 1.33. The summed E-state index contributed by atoms with van der Waals surface area (Å²) in [5, 5.41) is 3.92. The van der Waals surface area contributed by atoms with Crippen LogP contribution in [0.1, 0.15) is 5.56 Å². The first-order valence-corrected chi connectivity index (χ1v) is 4.48. The zero-order chi connectivity index (χ0) is 8.55. The first-order chi connectivity index (χ1) is 5.79.